The Balaban J connectivity index is 1.96. The number of carbonyl (C=O) groups excluding carboxylic acids is 1. The van der Waals surface area contributed by atoms with E-state index in [9.17, 15) is 4.79 Å². The summed E-state index contributed by atoms with van der Waals surface area (Å²) in [4.78, 5) is 18.2. The molecule has 1 N–H and O–H groups in total. The highest BCUT2D eigenvalue weighted by Gasteiger charge is 2.35. The van der Waals surface area contributed by atoms with Gasteiger partial charge in [-0.05, 0) is 46.0 Å². The van der Waals surface area contributed by atoms with Gasteiger partial charge in [-0.15, -0.1) is 0 Å². The normalized spacial score (nSPS) is 17.0. The predicted molar refractivity (Wildman–Crippen MR) is 83.6 cm³/mol. The lowest BCUT2D eigenvalue weighted by Gasteiger charge is -2.36. The van der Waals surface area contributed by atoms with Crippen molar-refractivity contribution in [3.8, 4) is 0 Å². The van der Waals surface area contributed by atoms with Gasteiger partial charge < -0.3 is 15.0 Å². The Bertz CT molecular complexity index is 465. The summed E-state index contributed by atoms with van der Waals surface area (Å²) in [5, 5.41) is 3.40. The minimum Gasteiger partial charge on any atom is -0.462 e. The van der Waals surface area contributed by atoms with Crippen LogP contribution in [0.2, 0.25) is 0 Å². The Morgan fingerprint density at radius 2 is 2.10 bits per heavy atom. The fourth-order valence-corrected chi connectivity index (χ4v) is 2.90. The van der Waals surface area contributed by atoms with Gasteiger partial charge in [0.1, 0.15) is 5.82 Å². The number of nitrogens with zero attached hydrogens (tertiary/aromatic N) is 2. The van der Waals surface area contributed by atoms with E-state index in [1.165, 1.54) is 25.7 Å². The van der Waals surface area contributed by atoms with Gasteiger partial charge in [0.25, 0.3) is 0 Å². The topological polar surface area (TPSA) is 54.5 Å². The Morgan fingerprint density at radius 1 is 1.38 bits per heavy atom. The summed E-state index contributed by atoms with van der Waals surface area (Å²) in [6, 6.07) is 3.59. The van der Waals surface area contributed by atoms with Crippen molar-refractivity contribution in [2.45, 2.75) is 38.1 Å². The fraction of sp³-hybridized carbons (Fsp3) is 0.625. The van der Waals surface area contributed by atoms with Crippen LogP contribution in [0.3, 0.4) is 0 Å². The molecule has 1 aromatic heterocycles. The lowest BCUT2D eigenvalue weighted by Crippen LogP contribution is -2.47. The fourth-order valence-electron chi connectivity index (χ4n) is 2.90. The number of aromatic nitrogens is 1. The molecular weight excluding hydrogens is 266 g/mol. The Hall–Kier alpha value is -1.62. The Morgan fingerprint density at radius 3 is 2.62 bits per heavy atom. The molecule has 0 aromatic carbocycles. The molecule has 5 heteroatoms. The largest absolute Gasteiger partial charge is 0.462 e. The molecule has 0 amide bonds. The van der Waals surface area contributed by atoms with E-state index in [4.69, 9.17) is 4.74 Å². The zero-order chi connectivity index (χ0) is 15.3. The average molecular weight is 291 g/mol. The third-order valence-electron chi connectivity index (χ3n) is 4.36. The number of carbonyl (C=O) groups is 1. The summed E-state index contributed by atoms with van der Waals surface area (Å²) in [6.45, 7) is 3.06. The summed E-state index contributed by atoms with van der Waals surface area (Å²) in [5.74, 6) is 0.480. The molecule has 0 saturated heterocycles. The second-order valence-electron chi connectivity index (χ2n) is 5.83. The molecule has 1 aliphatic carbocycles. The van der Waals surface area contributed by atoms with E-state index in [0.717, 1.165) is 12.4 Å². The van der Waals surface area contributed by atoms with Gasteiger partial charge in [0, 0.05) is 18.3 Å². The number of nitrogens with one attached hydrogen (secondary N) is 1. The van der Waals surface area contributed by atoms with Crippen molar-refractivity contribution in [2.24, 2.45) is 0 Å². The number of hydrogen-bond acceptors (Lipinski definition) is 5. The zero-order valence-electron chi connectivity index (χ0n) is 13.2. The summed E-state index contributed by atoms with van der Waals surface area (Å²) in [7, 11) is 4.29. The quantitative estimate of drug-likeness (QED) is 0.816. The first-order valence-corrected chi connectivity index (χ1v) is 7.62. The Labute approximate surface area is 126 Å². The molecular formula is C16H25N3O2. The van der Waals surface area contributed by atoms with Crippen LogP contribution in [-0.2, 0) is 4.74 Å². The standard InChI is InChI=1S/C16H25N3O2/c1-4-21-15(20)13-7-8-14(17-11-13)18-12-16(19(2)3)9-5-6-10-16/h7-8,11H,4-6,9-10,12H2,1-3H3,(H,17,18). The smallest absolute Gasteiger partial charge is 0.339 e. The number of esters is 1. The molecule has 0 spiro atoms. The van der Waals surface area contributed by atoms with Gasteiger partial charge >= 0.3 is 5.97 Å². The highest BCUT2D eigenvalue weighted by Crippen LogP contribution is 2.33. The van der Waals surface area contributed by atoms with Crippen molar-refractivity contribution in [3.05, 3.63) is 23.9 Å². The van der Waals surface area contributed by atoms with Crippen LogP contribution in [0.25, 0.3) is 0 Å². The molecule has 0 aliphatic heterocycles. The molecule has 1 heterocycles. The minimum atomic E-state index is -0.322. The first kappa shape index (κ1) is 15.8. The molecule has 1 saturated carbocycles. The molecule has 2 rings (SSSR count). The van der Waals surface area contributed by atoms with E-state index >= 15 is 0 Å². The van der Waals surface area contributed by atoms with Gasteiger partial charge in [-0.25, -0.2) is 9.78 Å². The van der Waals surface area contributed by atoms with Gasteiger partial charge in [0.2, 0.25) is 0 Å². The summed E-state index contributed by atoms with van der Waals surface area (Å²) in [5.41, 5.74) is 0.715. The van der Waals surface area contributed by atoms with E-state index in [1.807, 2.05) is 6.07 Å². The maximum atomic E-state index is 11.6. The van der Waals surface area contributed by atoms with E-state index in [-0.39, 0.29) is 11.5 Å². The van der Waals surface area contributed by atoms with E-state index < -0.39 is 0 Å². The average Bonchev–Trinajstić information content (AvgIpc) is 2.96. The Kier molecular flexibility index (Phi) is 5.17. The third kappa shape index (κ3) is 3.73. The van der Waals surface area contributed by atoms with Crippen LogP contribution in [0.15, 0.2) is 18.3 Å². The number of rotatable bonds is 6. The van der Waals surface area contributed by atoms with Crippen molar-refractivity contribution in [1.29, 1.82) is 0 Å². The van der Waals surface area contributed by atoms with Crippen LogP contribution in [0.4, 0.5) is 5.82 Å². The van der Waals surface area contributed by atoms with Crippen LogP contribution in [0.5, 0.6) is 0 Å². The second-order valence-corrected chi connectivity index (χ2v) is 5.83. The lowest BCUT2D eigenvalue weighted by atomic mass is 9.96. The van der Waals surface area contributed by atoms with Crippen molar-refractivity contribution >= 4 is 11.8 Å². The first-order chi connectivity index (χ1) is 10.1. The van der Waals surface area contributed by atoms with E-state index in [1.54, 1.807) is 19.2 Å². The van der Waals surface area contributed by atoms with Crippen molar-refractivity contribution in [2.75, 3.05) is 32.6 Å². The summed E-state index contributed by atoms with van der Waals surface area (Å²) < 4.78 is 4.95. The van der Waals surface area contributed by atoms with Crippen molar-refractivity contribution in [1.82, 2.24) is 9.88 Å². The maximum absolute atomic E-state index is 11.6. The number of hydrogen-bond donors (Lipinski definition) is 1. The molecule has 5 nitrogen and oxygen atoms in total. The second kappa shape index (κ2) is 6.89. The van der Waals surface area contributed by atoms with Gasteiger partial charge in [-0.1, -0.05) is 12.8 Å². The van der Waals surface area contributed by atoms with Crippen molar-refractivity contribution < 1.29 is 9.53 Å². The number of likely N-dealkylation sites (N-methyl/N-ethyl adjacent to an activating group) is 1. The van der Waals surface area contributed by atoms with Crippen molar-refractivity contribution in [3.63, 3.8) is 0 Å². The highest BCUT2D eigenvalue weighted by atomic mass is 16.5. The molecule has 21 heavy (non-hydrogen) atoms. The van der Waals surface area contributed by atoms with Crippen LogP contribution in [0, 0.1) is 0 Å². The zero-order valence-corrected chi connectivity index (χ0v) is 13.2. The van der Waals surface area contributed by atoms with Gasteiger partial charge in [-0.2, -0.15) is 0 Å². The van der Waals surface area contributed by atoms with Crippen LogP contribution in [0.1, 0.15) is 43.0 Å². The SMILES string of the molecule is CCOC(=O)c1ccc(NCC2(N(C)C)CCCC2)nc1. The highest BCUT2D eigenvalue weighted by molar-refractivity contribution is 5.89. The summed E-state index contributed by atoms with van der Waals surface area (Å²) >= 11 is 0. The monoisotopic (exact) mass is 291 g/mol. The van der Waals surface area contributed by atoms with Crippen LogP contribution < -0.4 is 5.32 Å². The van der Waals surface area contributed by atoms with Gasteiger partial charge in [0.15, 0.2) is 0 Å². The van der Waals surface area contributed by atoms with Crippen LogP contribution in [-0.4, -0.2) is 48.6 Å². The lowest BCUT2D eigenvalue weighted by molar-refractivity contribution is 0.0526. The van der Waals surface area contributed by atoms with E-state index in [0.29, 0.717) is 12.2 Å². The maximum Gasteiger partial charge on any atom is 0.339 e. The number of anilines is 1. The van der Waals surface area contributed by atoms with Gasteiger partial charge in [0.05, 0.1) is 12.2 Å². The summed E-state index contributed by atoms with van der Waals surface area (Å²) in [6.07, 6.45) is 6.57. The first-order valence-electron chi connectivity index (χ1n) is 7.62. The van der Waals surface area contributed by atoms with Crippen LogP contribution >= 0.6 is 0 Å². The molecule has 0 radical (unpaired) electrons. The molecule has 0 bridgehead atoms. The molecule has 116 valence electrons. The predicted octanol–water partition coefficient (Wildman–Crippen LogP) is 2.54. The van der Waals surface area contributed by atoms with E-state index in [2.05, 4.69) is 29.3 Å². The minimum absolute atomic E-state index is 0.224. The molecule has 1 fully saturated rings. The molecule has 0 atom stereocenters. The number of ether oxygens (including phenoxy) is 1. The number of pyridine rings is 1. The van der Waals surface area contributed by atoms with Gasteiger partial charge in [-0.3, -0.25) is 0 Å². The molecule has 0 unspecified atom stereocenters. The third-order valence-corrected chi connectivity index (χ3v) is 4.36. The molecule has 1 aromatic rings. The molecule has 1 aliphatic rings.